The van der Waals surface area contributed by atoms with Gasteiger partial charge in [0, 0.05) is 6.04 Å². The zero-order valence-electron chi connectivity index (χ0n) is 16.9. The van der Waals surface area contributed by atoms with Gasteiger partial charge >= 0.3 is 21.6 Å². The molecular formula is C20H24F3NO6S. The first-order chi connectivity index (χ1) is 14.5. The Morgan fingerprint density at radius 1 is 1.16 bits per heavy atom. The molecule has 1 aliphatic carbocycles. The van der Waals surface area contributed by atoms with Gasteiger partial charge in [-0.3, -0.25) is 8.98 Å². The van der Waals surface area contributed by atoms with Gasteiger partial charge in [0.1, 0.15) is 12.6 Å². The van der Waals surface area contributed by atoms with Crippen LogP contribution in [0.1, 0.15) is 44.6 Å². The van der Waals surface area contributed by atoms with Crippen molar-refractivity contribution in [3.05, 3.63) is 35.9 Å². The molecule has 1 aromatic carbocycles. The number of esters is 1. The maximum absolute atomic E-state index is 13.0. The van der Waals surface area contributed by atoms with Crippen LogP contribution < -0.4 is 0 Å². The van der Waals surface area contributed by atoms with Crippen molar-refractivity contribution in [2.24, 2.45) is 5.92 Å². The first-order valence-electron chi connectivity index (χ1n) is 10.0. The van der Waals surface area contributed by atoms with Crippen molar-refractivity contribution in [3.63, 3.8) is 0 Å². The number of ether oxygens (including phenoxy) is 1. The number of rotatable bonds is 6. The zero-order valence-corrected chi connectivity index (χ0v) is 17.7. The highest BCUT2D eigenvalue weighted by Crippen LogP contribution is 2.41. The van der Waals surface area contributed by atoms with Crippen LogP contribution in [0.3, 0.4) is 0 Å². The number of fused-ring (bicyclic) bond motifs is 1. The normalized spacial score (nSPS) is 25.0. The summed E-state index contributed by atoms with van der Waals surface area (Å²) in [5.74, 6) is -1.64. The molecule has 31 heavy (non-hydrogen) atoms. The van der Waals surface area contributed by atoms with Gasteiger partial charge in [-0.1, -0.05) is 43.2 Å². The molecular weight excluding hydrogens is 439 g/mol. The van der Waals surface area contributed by atoms with E-state index in [4.69, 9.17) is 4.74 Å². The van der Waals surface area contributed by atoms with Crippen molar-refractivity contribution >= 4 is 22.0 Å². The van der Waals surface area contributed by atoms with E-state index in [2.05, 4.69) is 4.18 Å². The lowest BCUT2D eigenvalue weighted by atomic mass is 9.84. The number of carbonyl (C=O) groups excluding carboxylic acids is 2. The number of halogens is 3. The molecule has 0 radical (unpaired) electrons. The smallest absolute Gasteiger partial charge is 0.459 e. The molecule has 0 N–H and O–H groups in total. The van der Waals surface area contributed by atoms with Crippen LogP contribution in [0.4, 0.5) is 13.2 Å². The summed E-state index contributed by atoms with van der Waals surface area (Å²) in [5, 5.41) is 0. The predicted octanol–water partition coefficient (Wildman–Crippen LogP) is 3.14. The third-order valence-corrected chi connectivity index (χ3v) is 6.85. The summed E-state index contributed by atoms with van der Waals surface area (Å²) in [6, 6.07) is 7.54. The Balaban J connectivity index is 1.76. The average Bonchev–Trinajstić information content (AvgIpc) is 3.10. The monoisotopic (exact) mass is 463 g/mol. The van der Waals surface area contributed by atoms with Crippen molar-refractivity contribution in [2.45, 2.75) is 69.3 Å². The maximum atomic E-state index is 13.0. The summed E-state index contributed by atoms with van der Waals surface area (Å²) in [6.45, 7) is 0.927. The van der Waals surface area contributed by atoms with E-state index in [1.165, 1.54) is 4.90 Å². The van der Waals surface area contributed by atoms with Gasteiger partial charge in [0.2, 0.25) is 0 Å². The molecule has 0 aromatic heterocycles. The molecule has 0 spiro atoms. The van der Waals surface area contributed by atoms with E-state index < -0.39 is 39.6 Å². The quantitative estimate of drug-likeness (QED) is 0.366. The van der Waals surface area contributed by atoms with Crippen LogP contribution in [0, 0.1) is 5.92 Å². The second-order valence-electron chi connectivity index (χ2n) is 7.84. The topological polar surface area (TPSA) is 90.0 Å². The summed E-state index contributed by atoms with van der Waals surface area (Å²) < 4.78 is 70.1. The molecule has 1 aromatic rings. The van der Waals surface area contributed by atoms with E-state index in [0.29, 0.717) is 12.8 Å². The van der Waals surface area contributed by atoms with Gasteiger partial charge in [-0.05, 0) is 37.7 Å². The molecule has 4 atom stereocenters. The van der Waals surface area contributed by atoms with E-state index in [1.54, 1.807) is 24.3 Å². The molecule has 7 nitrogen and oxygen atoms in total. The van der Waals surface area contributed by atoms with Gasteiger partial charge in [0.15, 0.2) is 6.10 Å². The lowest BCUT2D eigenvalue weighted by Crippen LogP contribution is -2.51. The highest BCUT2D eigenvalue weighted by molar-refractivity contribution is 7.87. The molecule has 1 saturated heterocycles. The number of alkyl halides is 3. The molecule has 1 saturated carbocycles. The number of carbonyl (C=O) groups is 2. The van der Waals surface area contributed by atoms with Gasteiger partial charge in [0.05, 0.1) is 0 Å². The van der Waals surface area contributed by atoms with Crippen LogP contribution in [-0.4, -0.2) is 48.9 Å². The lowest BCUT2D eigenvalue weighted by Gasteiger charge is -2.34. The Labute approximate surface area is 178 Å². The number of hydrogen-bond donors (Lipinski definition) is 0. The highest BCUT2D eigenvalue weighted by Gasteiger charge is 2.52. The van der Waals surface area contributed by atoms with Gasteiger partial charge in [-0.15, -0.1) is 0 Å². The van der Waals surface area contributed by atoms with E-state index >= 15 is 0 Å². The third-order valence-electron chi connectivity index (χ3n) is 5.74. The second-order valence-corrected chi connectivity index (χ2v) is 9.40. The van der Waals surface area contributed by atoms with Gasteiger partial charge < -0.3 is 9.64 Å². The lowest BCUT2D eigenvalue weighted by molar-refractivity contribution is -0.158. The summed E-state index contributed by atoms with van der Waals surface area (Å²) in [5.41, 5.74) is -4.90. The molecule has 2 fully saturated rings. The van der Waals surface area contributed by atoms with Crippen LogP contribution in [0.15, 0.2) is 30.3 Å². The first-order valence-corrected chi connectivity index (χ1v) is 11.4. The van der Waals surface area contributed by atoms with Gasteiger partial charge in [-0.2, -0.15) is 21.6 Å². The Hall–Kier alpha value is -2.14. The van der Waals surface area contributed by atoms with E-state index in [-0.39, 0.29) is 18.6 Å². The average molecular weight is 463 g/mol. The predicted molar refractivity (Wildman–Crippen MR) is 103 cm³/mol. The molecule has 172 valence electrons. The number of likely N-dealkylation sites (tertiary alicyclic amines) is 1. The minimum absolute atomic E-state index is 0.00148. The van der Waals surface area contributed by atoms with Gasteiger partial charge in [-0.25, -0.2) is 4.79 Å². The third kappa shape index (κ3) is 5.20. The van der Waals surface area contributed by atoms with Crippen molar-refractivity contribution in [3.8, 4) is 0 Å². The summed E-state index contributed by atoms with van der Waals surface area (Å²) in [6.07, 6.45) is 1.47. The maximum Gasteiger partial charge on any atom is 0.523 e. The minimum atomic E-state index is -5.95. The Morgan fingerprint density at radius 2 is 1.81 bits per heavy atom. The summed E-state index contributed by atoms with van der Waals surface area (Å²) in [7, 11) is -5.95. The fourth-order valence-electron chi connectivity index (χ4n) is 4.31. The largest absolute Gasteiger partial charge is 0.523 e. The standard InChI is InChI=1S/C20H24F3NO6S/c1-13(30-31(27,28)20(21,22)23)18(25)24-16-10-6-5-9-15(16)11-17(24)19(26)29-12-14-7-3-2-4-8-14/h2-4,7-8,13,15-17H,5-6,9-12H2,1H3/t13-,15+,16+,17+/m1/s1. The Bertz CT molecular complexity index is 905. The van der Waals surface area contributed by atoms with Crippen LogP contribution in [0.2, 0.25) is 0 Å². The van der Waals surface area contributed by atoms with E-state index in [0.717, 1.165) is 31.7 Å². The van der Waals surface area contributed by atoms with Crippen molar-refractivity contribution in [1.82, 2.24) is 4.90 Å². The van der Waals surface area contributed by atoms with E-state index in [1.807, 2.05) is 6.07 Å². The van der Waals surface area contributed by atoms with E-state index in [9.17, 15) is 31.2 Å². The molecule has 11 heteroatoms. The van der Waals surface area contributed by atoms with Crippen LogP contribution in [-0.2, 0) is 35.2 Å². The molecule has 1 heterocycles. The number of nitrogens with zero attached hydrogens (tertiary/aromatic N) is 1. The van der Waals surface area contributed by atoms with Crippen molar-refractivity contribution < 1.29 is 40.1 Å². The fourth-order valence-corrected chi connectivity index (χ4v) is 4.88. The molecule has 3 rings (SSSR count). The van der Waals surface area contributed by atoms with Crippen molar-refractivity contribution in [1.29, 1.82) is 0 Å². The molecule has 2 aliphatic rings. The molecule has 0 bridgehead atoms. The Morgan fingerprint density at radius 3 is 2.45 bits per heavy atom. The fraction of sp³-hybridized carbons (Fsp3) is 0.600. The molecule has 0 unspecified atom stereocenters. The summed E-state index contributed by atoms with van der Waals surface area (Å²) >= 11 is 0. The number of benzene rings is 1. The minimum Gasteiger partial charge on any atom is -0.459 e. The number of hydrogen-bond acceptors (Lipinski definition) is 6. The molecule has 1 aliphatic heterocycles. The van der Waals surface area contributed by atoms with Crippen LogP contribution >= 0.6 is 0 Å². The van der Waals surface area contributed by atoms with Crippen LogP contribution in [0.25, 0.3) is 0 Å². The number of amides is 1. The first kappa shape index (κ1) is 23.5. The Kier molecular flexibility index (Phi) is 6.95. The SMILES string of the molecule is C[C@@H](OS(=O)(=O)C(F)(F)F)C(=O)N1[C@H](C(=O)OCc2ccccc2)C[C@@H]2CCCC[C@@H]21. The second kappa shape index (κ2) is 9.15. The van der Waals surface area contributed by atoms with Gasteiger partial charge in [0.25, 0.3) is 5.91 Å². The summed E-state index contributed by atoms with van der Waals surface area (Å²) in [4.78, 5) is 26.9. The molecule has 1 amide bonds. The zero-order chi connectivity index (χ0) is 22.8. The van der Waals surface area contributed by atoms with Crippen molar-refractivity contribution in [2.75, 3.05) is 0 Å². The highest BCUT2D eigenvalue weighted by atomic mass is 32.2. The van der Waals surface area contributed by atoms with Crippen LogP contribution in [0.5, 0.6) is 0 Å².